The van der Waals surface area contributed by atoms with Crippen LogP contribution in [0.3, 0.4) is 0 Å². The van der Waals surface area contributed by atoms with Crippen molar-refractivity contribution in [3.63, 3.8) is 0 Å². The van der Waals surface area contributed by atoms with Crippen molar-refractivity contribution in [1.82, 2.24) is 0 Å². The van der Waals surface area contributed by atoms with Gasteiger partial charge in [0.1, 0.15) is 5.78 Å². The SMILES string of the molecule is CC(=CCCC(C)(C)O)[C@H]1CC[C@H]2C(=O)CCC[C@]12C. The second kappa shape index (κ2) is 5.63. The first-order valence-electron chi connectivity index (χ1n) is 8.16. The molecule has 3 atom stereocenters. The van der Waals surface area contributed by atoms with E-state index in [1.165, 1.54) is 12.0 Å². The van der Waals surface area contributed by atoms with E-state index >= 15 is 0 Å². The van der Waals surface area contributed by atoms with Gasteiger partial charge in [-0.3, -0.25) is 4.79 Å². The monoisotopic (exact) mass is 278 g/mol. The summed E-state index contributed by atoms with van der Waals surface area (Å²) < 4.78 is 0. The zero-order valence-electron chi connectivity index (χ0n) is 13.5. The van der Waals surface area contributed by atoms with Crippen LogP contribution >= 0.6 is 0 Å². The van der Waals surface area contributed by atoms with E-state index in [1.807, 2.05) is 13.8 Å². The third-order valence-electron chi connectivity index (χ3n) is 5.64. The van der Waals surface area contributed by atoms with Crippen molar-refractivity contribution >= 4 is 5.78 Å². The van der Waals surface area contributed by atoms with Gasteiger partial charge in [-0.1, -0.05) is 18.6 Å². The van der Waals surface area contributed by atoms with E-state index in [4.69, 9.17) is 0 Å². The Morgan fingerprint density at radius 3 is 2.80 bits per heavy atom. The first-order valence-corrected chi connectivity index (χ1v) is 8.16. The molecule has 2 aliphatic rings. The van der Waals surface area contributed by atoms with Crippen LogP contribution < -0.4 is 0 Å². The molecule has 0 unspecified atom stereocenters. The van der Waals surface area contributed by atoms with Crippen LogP contribution in [-0.4, -0.2) is 16.5 Å². The number of carbonyl (C=O) groups excluding carboxylic acids is 1. The van der Waals surface area contributed by atoms with Crippen LogP contribution in [-0.2, 0) is 4.79 Å². The molecule has 0 saturated heterocycles. The molecule has 2 fully saturated rings. The highest BCUT2D eigenvalue weighted by molar-refractivity contribution is 5.83. The lowest BCUT2D eigenvalue weighted by Crippen LogP contribution is -2.37. The van der Waals surface area contributed by atoms with Crippen LogP contribution in [0.1, 0.15) is 72.6 Å². The molecule has 0 spiro atoms. The Kier molecular flexibility index (Phi) is 4.44. The van der Waals surface area contributed by atoms with Crippen molar-refractivity contribution in [1.29, 1.82) is 0 Å². The zero-order chi connectivity index (χ0) is 15.0. The molecule has 2 rings (SSSR count). The minimum absolute atomic E-state index is 0.199. The number of allylic oxidation sites excluding steroid dienone is 2. The predicted octanol–water partition coefficient (Wildman–Crippen LogP) is 4.27. The van der Waals surface area contributed by atoms with Crippen LogP contribution in [0.15, 0.2) is 11.6 Å². The third-order valence-corrected chi connectivity index (χ3v) is 5.64. The van der Waals surface area contributed by atoms with E-state index in [9.17, 15) is 9.90 Å². The lowest BCUT2D eigenvalue weighted by molar-refractivity contribution is -0.129. The first kappa shape index (κ1) is 15.8. The molecule has 0 heterocycles. The van der Waals surface area contributed by atoms with Crippen LogP contribution in [0.5, 0.6) is 0 Å². The maximum Gasteiger partial charge on any atom is 0.136 e. The predicted molar refractivity (Wildman–Crippen MR) is 82.5 cm³/mol. The normalized spacial score (nSPS) is 35.2. The number of hydrogen-bond donors (Lipinski definition) is 1. The topological polar surface area (TPSA) is 37.3 Å². The highest BCUT2D eigenvalue weighted by Crippen LogP contribution is 2.56. The largest absolute Gasteiger partial charge is 0.390 e. The fourth-order valence-electron chi connectivity index (χ4n) is 4.47. The van der Waals surface area contributed by atoms with Crippen LogP contribution in [0.4, 0.5) is 0 Å². The van der Waals surface area contributed by atoms with Crippen molar-refractivity contribution in [3.05, 3.63) is 11.6 Å². The van der Waals surface area contributed by atoms with Crippen molar-refractivity contribution in [2.45, 2.75) is 78.2 Å². The molecule has 2 aliphatic carbocycles. The summed E-state index contributed by atoms with van der Waals surface area (Å²) in [6, 6.07) is 0. The van der Waals surface area contributed by atoms with Gasteiger partial charge in [0.2, 0.25) is 0 Å². The fraction of sp³-hybridized carbons (Fsp3) is 0.833. The second-order valence-corrected chi connectivity index (χ2v) is 7.81. The van der Waals surface area contributed by atoms with Crippen LogP contribution in [0.25, 0.3) is 0 Å². The molecule has 1 N–H and O–H groups in total. The van der Waals surface area contributed by atoms with Crippen molar-refractivity contribution < 1.29 is 9.90 Å². The molecule has 2 nitrogen and oxygen atoms in total. The van der Waals surface area contributed by atoms with E-state index < -0.39 is 5.60 Å². The molecule has 114 valence electrons. The molecule has 0 aromatic heterocycles. The highest BCUT2D eigenvalue weighted by Gasteiger charge is 2.51. The van der Waals surface area contributed by atoms with Crippen LogP contribution in [0, 0.1) is 17.3 Å². The number of Topliss-reactive ketones (excluding diaryl/α,β-unsaturated/α-hetero) is 1. The zero-order valence-corrected chi connectivity index (χ0v) is 13.5. The smallest absolute Gasteiger partial charge is 0.136 e. The van der Waals surface area contributed by atoms with E-state index in [0.717, 1.165) is 38.5 Å². The van der Waals surface area contributed by atoms with Gasteiger partial charge >= 0.3 is 0 Å². The molecule has 2 saturated carbocycles. The van der Waals surface area contributed by atoms with Gasteiger partial charge < -0.3 is 5.11 Å². The van der Waals surface area contributed by atoms with Gasteiger partial charge in [-0.05, 0) is 70.6 Å². The van der Waals surface area contributed by atoms with Gasteiger partial charge in [0.25, 0.3) is 0 Å². The molecule has 0 aromatic carbocycles. The maximum atomic E-state index is 12.1. The minimum Gasteiger partial charge on any atom is -0.390 e. The molecular weight excluding hydrogens is 248 g/mol. The first-order chi connectivity index (χ1) is 9.24. The summed E-state index contributed by atoms with van der Waals surface area (Å²) in [6.45, 7) is 8.28. The quantitative estimate of drug-likeness (QED) is 0.780. The second-order valence-electron chi connectivity index (χ2n) is 7.81. The van der Waals surface area contributed by atoms with E-state index in [0.29, 0.717) is 17.6 Å². The van der Waals surface area contributed by atoms with E-state index in [2.05, 4.69) is 19.9 Å². The number of aliphatic hydroxyl groups is 1. The highest BCUT2D eigenvalue weighted by atomic mass is 16.3. The Labute approximate surface area is 123 Å². The number of ketones is 1. The Bertz CT molecular complexity index is 402. The number of rotatable bonds is 4. The lowest BCUT2D eigenvalue weighted by atomic mass is 9.63. The molecular formula is C18H30O2. The van der Waals surface area contributed by atoms with Gasteiger partial charge in [-0.2, -0.15) is 0 Å². The minimum atomic E-state index is -0.584. The third kappa shape index (κ3) is 3.16. The summed E-state index contributed by atoms with van der Waals surface area (Å²) in [5.74, 6) is 1.38. The van der Waals surface area contributed by atoms with Gasteiger partial charge in [-0.25, -0.2) is 0 Å². The van der Waals surface area contributed by atoms with Crippen LogP contribution in [0.2, 0.25) is 0 Å². The van der Waals surface area contributed by atoms with Crippen molar-refractivity contribution in [2.75, 3.05) is 0 Å². The Hall–Kier alpha value is -0.630. The summed E-state index contributed by atoms with van der Waals surface area (Å²) in [4.78, 5) is 12.1. The van der Waals surface area contributed by atoms with E-state index in [-0.39, 0.29) is 5.41 Å². The fourth-order valence-corrected chi connectivity index (χ4v) is 4.47. The molecule has 20 heavy (non-hydrogen) atoms. The molecule has 0 bridgehead atoms. The summed E-state index contributed by atoms with van der Waals surface area (Å²) >= 11 is 0. The Morgan fingerprint density at radius 2 is 2.15 bits per heavy atom. The standard InChI is InChI=1S/C18H30O2/c1-13(7-5-11-17(2,3)20)14-9-10-15-16(19)8-6-12-18(14,15)4/h7,14-15,20H,5-6,8-12H2,1-4H3/t14-,15+,18-/m1/s1. The molecule has 0 radical (unpaired) electrons. The van der Waals surface area contributed by atoms with Gasteiger partial charge in [-0.15, -0.1) is 0 Å². The number of hydrogen-bond acceptors (Lipinski definition) is 2. The molecule has 0 aromatic rings. The van der Waals surface area contributed by atoms with Gasteiger partial charge in [0.05, 0.1) is 5.60 Å². The molecule has 2 heteroatoms. The average Bonchev–Trinajstić information content (AvgIpc) is 2.66. The average molecular weight is 278 g/mol. The Balaban J connectivity index is 2.05. The summed E-state index contributed by atoms with van der Waals surface area (Å²) in [5, 5.41) is 9.79. The molecule has 0 aliphatic heterocycles. The molecule has 0 amide bonds. The van der Waals surface area contributed by atoms with E-state index in [1.54, 1.807) is 0 Å². The van der Waals surface area contributed by atoms with Crippen molar-refractivity contribution in [2.24, 2.45) is 17.3 Å². The van der Waals surface area contributed by atoms with Crippen molar-refractivity contribution in [3.8, 4) is 0 Å². The summed E-state index contributed by atoms with van der Waals surface area (Å²) in [5.41, 5.74) is 1.05. The maximum absolute atomic E-state index is 12.1. The van der Waals surface area contributed by atoms with Gasteiger partial charge in [0.15, 0.2) is 0 Å². The summed E-state index contributed by atoms with van der Waals surface area (Å²) in [7, 11) is 0. The number of fused-ring (bicyclic) bond motifs is 1. The Morgan fingerprint density at radius 1 is 1.45 bits per heavy atom. The van der Waals surface area contributed by atoms with Gasteiger partial charge in [0, 0.05) is 12.3 Å². The summed E-state index contributed by atoms with van der Waals surface area (Å²) in [6.07, 6.45) is 9.35. The number of carbonyl (C=O) groups is 1. The lowest BCUT2D eigenvalue weighted by Gasteiger charge is -2.40.